The van der Waals surface area contributed by atoms with Crippen molar-refractivity contribution in [2.24, 2.45) is 0 Å². The molecule has 0 fully saturated rings. The number of rotatable bonds is 2. The molecule has 4 nitrogen and oxygen atoms in total. The first kappa shape index (κ1) is 10.4. The Balaban J connectivity index is 2.23. The zero-order chi connectivity index (χ0) is 11.5. The van der Waals surface area contributed by atoms with Gasteiger partial charge in [0.15, 0.2) is 0 Å². The Labute approximate surface area is 92.7 Å². The van der Waals surface area contributed by atoms with Crippen molar-refractivity contribution >= 4 is 11.5 Å². The molecule has 0 atom stereocenters. The zero-order valence-electron chi connectivity index (χ0n) is 8.46. The molecule has 1 N–H and O–H groups in total. The van der Waals surface area contributed by atoms with Gasteiger partial charge in [0, 0.05) is 6.54 Å². The minimum Gasteiger partial charge on any atom is -0.758 e. The van der Waals surface area contributed by atoms with Gasteiger partial charge in [0.05, 0.1) is 5.56 Å². The standard InChI is InChI=1S/C12H10NO3/c14-12(15)11-3-1-9(2-4-11)10-5-7-13(16)8-6-10/h1-7H,8H2,(H,14,15)/q-1. The van der Waals surface area contributed by atoms with Crippen LogP contribution in [0.15, 0.2) is 42.6 Å². The van der Waals surface area contributed by atoms with E-state index in [1.165, 1.54) is 6.20 Å². The SMILES string of the molecule is O=C(O)c1ccc(C2=CCN([O-])C=C2)cc1. The molecule has 0 amide bonds. The molecule has 0 spiro atoms. The maximum absolute atomic E-state index is 10.9. The minimum atomic E-state index is -0.939. The molecule has 0 aliphatic carbocycles. The molecule has 82 valence electrons. The topological polar surface area (TPSA) is 63.6 Å². The van der Waals surface area contributed by atoms with E-state index in [4.69, 9.17) is 5.11 Å². The Bertz CT molecular complexity index is 460. The zero-order valence-corrected chi connectivity index (χ0v) is 8.46. The molecule has 0 unspecified atom stereocenters. The van der Waals surface area contributed by atoms with Crippen LogP contribution in [-0.2, 0) is 0 Å². The highest BCUT2D eigenvalue weighted by Gasteiger charge is 2.04. The van der Waals surface area contributed by atoms with E-state index in [9.17, 15) is 10.0 Å². The monoisotopic (exact) mass is 216 g/mol. The van der Waals surface area contributed by atoms with Crippen LogP contribution >= 0.6 is 0 Å². The lowest BCUT2D eigenvalue weighted by Crippen LogP contribution is -2.11. The number of carboxylic acid groups (broad SMARTS) is 1. The van der Waals surface area contributed by atoms with E-state index in [2.05, 4.69) is 0 Å². The lowest BCUT2D eigenvalue weighted by molar-refractivity contribution is 0.0697. The van der Waals surface area contributed by atoms with Crippen LogP contribution in [0.5, 0.6) is 0 Å². The number of carbonyl (C=O) groups is 1. The average molecular weight is 216 g/mol. The quantitative estimate of drug-likeness (QED) is 0.822. The Morgan fingerprint density at radius 3 is 2.50 bits per heavy atom. The molecule has 4 heteroatoms. The Morgan fingerprint density at radius 1 is 1.31 bits per heavy atom. The van der Waals surface area contributed by atoms with Crippen LogP contribution in [0.1, 0.15) is 15.9 Å². The first-order chi connectivity index (χ1) is 7.66. The number of hydrogen-bond donors (Lipinski definition) is 1. The van der Waals surface area contributed by atoms with Gasteiger partial charge in [-0.3, -0.25) is 0 Å². The van der Waals surface area contributed by atoms with Gasteiger partial charge >= 0.3 is 5.97 Å². The molecule has 1 aromatic carbocycles. The van der Waals surface area contributed by atoms with Gasteiger partial charge < -0.3 is 15.4 Å². The van der Waals surface area contributed by atoms with Crippen molar-refractivity contribution in [3.05, 3.63) is 59.0 Å². The number of benzene rings is 1. The van der Waals surface area contributed by atoms with E-state index in [1.54, 1.807) is 30.3 Å². The fraction of sp³-hybridized carbons (Fsp3) is 0.0833. The highest BCUT2D eigenvalue weighted by atomic mass is 16.5. The highest BCUT2D eigenvalue weighted by Crippen LogP contribution is 2.19. The van der Waals surface area contributed by atoms with Gasteiger partial charge in [-0.2, -0.15) is 0 Å². The number of allylic oxidation sites excluding steroid dienone is 2. The Kier molecular flexibility index (Phi) is 2.74. The highest BCUT2D eigenvalue weighted by molar-refractivity contribution is 5.88. The summed E-state index contributed by atoms with van der Waals surface area (Å²) in [5.74, 6) is -0.939. The van der Waals surface area contributed by atoms with Gasteiger partial charge in [0.25, 0.3) is 0 Å². The second-order valence-corrected chi connectivity index (χ2v) is 3.46. The van der Waals surface area contributed by atoms with Crippen molar-refractivity contribution in [3.8, 4) is 0 Å². The van der Waals surface area contributed by atoms with E-state index in [-0.39, 0.29) is 5.56 Å². The molecule has 2 rings (SSSR count). The number of carboxylic acids is 1. The van der Waals surface area contributed by atoms with Crippen LogP contribution < -0.4 is 0 Å². The first-order valence-electron chi connectivity index (χ1n) is 4.83. The smallest absolute Gasteiger partial charge is 0.335 e. The first-order valence-corrected chi connectivity index (χ1v) is 4.83. The molecule has 0 radical (unpaired) electrons. The van der Waals surface area contributed by atoms with Crippen molar-refractivity contribution in [1.29, 1.82) is 0 Å². The van der Waals surface area contributed by atoms with Crippen molar-refractivity contribution in [2.75, 3.05) is 6.54 Å². The largest absolute Gasteiger partial charge is 0.758 e. The summed E-state index contributed by atoms with van der Waals surface area (Å²) in [7, 11) is 0. The lowest BCUT2D eigenvalue weighted by Gasteiger charge is -2.27. The number of hydroxylamine groups is 2. The third kappa shape index (κ3) is 2.12. The summed E-state index contributed by atoms with van der Waals surface area (Å²) in [5.41, 5.74) is 2.10. The number of nitrogens with zero attached hydrogens (tertiary/aromatic N) is 1. The third-order valence-electron chi connectivity index (χ3n) is 2.38. The molecule has 1 aliphatic heterocycles. The third-order valence-corrected chi connectivity index (χ3v) is 2.38. The predicted octanol–water partition coefficient (Wildman–Crippen LogP) is 2.10. The van der Waals surface area contributed by atoms with Gasteiger partial charge in [-0.15, -0.1) is 0 Å². The van der Waals surface area contributed by atoms with Crippen molar-refractivity contribution in [3.63, 3.8) is 0 Å². The summed E-state index contributed by atoms with van der Waals surface area (Å²) in [6.07, 6.45) is 4.98. The molecular formula is C12H10NO3-. The summed E-state index contributed by atoms with van der Waals surface area (Å²) in [4.78, 5) is 10.7. The van der Waals surface area contributed by atoms with Crippen molar-refractivity contribution in [1.82, 2.24) is 5.06 Å². The summed E-state index contributed by atoms with van der Waals surface area (Å²) < 4.78 is 0. The molecule has 1 heterocycles. The van der Waals surface area contributed by atoms with E-state index in [0.717, 1.165) is 16.2 Å². The van der Waals surface area contributed by atoms with E-state index >= 15 is 0 Å². The maximum atomic E-state index is 10.9. The summed E-state index contributed by atoms with van der Waals surface area (Å²) >= 11 is 0. The van der Waals surface area contributed by atoms with Crippen molar-refractivity contribution in [2.45, 2.75) is 0 Å². The predicted molar refractivity (Wildman–Crippen MR) is 60.6 cm³/mol. The number of aromatic carboxylic acids is 1. The second-order valence-electron chi connectivity index (χ2n) is 3.46. The molecule has 0 saturated heterocycles. The Morgan fingerprint density at radius 2 is 2.00 bits per heavy atom. The summed E-state index contributed by atoms with van der Waals surface area (Å²) in [6.45, 7) is 0.326. The molecule has 1 aromatic rings. The average Bonchev–Trinajstić information content (AvgIpc) is 2.30. The van der Waals surface area contributed by atoms with Gasteiger partial charge in [-0.25, -0.2) is 4.79 Å². The normalized spacial score (nSPS) is 14.8. The fourth-order valence-corrected chi connectivity index (χ4v) is 1.50. The van der Waals surface area contributed by atoms with Crippen LogP contribution in [0.2, 0.25) is 0 Å². The summed E-state index contributed by atoms with van der Waals surface area (Å²) in [5, 5.41) is 20.5. The minimum absolute atomic E-state index is 0.259. The summed E-state index contributed by atoms with van der Waals surface area (Å²) in [6, 6.07) is 6.58. The van der Waals surface area contributed by atoms with Crippen LogP contribution in [-0.4, -0.2) is 22.7 Å². The van der Waals surface area contributed by atoms with Crippen LogP contribution in [0.4, 0.5) is 0 Å². The second kappa shape index (κ2) is 4.20. The van der Waals surface area contributed by atoms with E-state index < -0.39 is 5.97 Å². The molecule has 1 aliphatic rings. The van der Waals surface area contributed by atoms with Crippen LogP contribution in [0, 0.1) is 5.21 Å². The molecular weight excluding hydrogens is 206 g/mol. The van der Waals surface area contributed by atoms with Gasteiger partial charge in [-0.1, -0.05) is 18.2 Å². The maximum Gasteiger partial charge on any atom is 0.335 e. The van der Waals surface area contributed by atoms with Gasteiger partial charge in [0.2, 0.25) is 0 Å². The van der Waals surface area contributed by atoms with Crippen LogP contribution in [0.25, 0.3) is 5.57 Å². The fourth-order valence-electron chi connectivity index (χ4n) is 1.50. The van der Waals surface area contributed by atoms with E-state index in [1.807, 2.05) is 6.08 Å². The van der Waals surface area contributed by atoms with Crippen LogP contribution in [0.3, 0.4) is 0 Å². The molecule has 0 bridgehead atoms. The molecule has 16 heavy (non-hydrogen) atoms. The molecule has 0 saturated carbocycles. The van der Waals surface area contributed by atoms with E-state index in [0.29, 0.717) is 6.54 Å². The van der Waals surface area contributed by atoms with Gasteiger partial charge in [0.1, 0.15) is 0 Å². The lowest BCUT2D eigenvalue weighted by atomic mass is 10.0. The number of hydrogen-bond acceptors (Lipinski definition) is 3. The van der Waals surface area contributed by atoms with Gasteiger partial charge in [-0.05, 0) is 35.5 Å². The van der Waals surface area contributed by atoms with Crippen molar-refractivity contribution < 1.29 is 9.90 Å². The molecule has 0 aromatic heterocycles. The Hall–Kier alpha value is -2.07.